The molecule has 0 aromatic heterocycles. The molecular weight excluding hydrogens is 184 g/mol. The van der Waals surface area contributed by atoms with E-state index in [9.17, 15) is 0 Å². The average molecular weight is 210 g/mol. The van der Waals surface area contributed by atoms with Crippen molar-refractivity contribution in [2.24, 2.45) is 5.92 Å². The van der Waals surface area contributed by atoms with Gasteiger partial charge in [0.1, 0.15) is 0 Å². The van der Waals surface area contributed by atoms with Crippen LogP contribution in [0.15, 0.2) is 0 Å². The van der Waals surface area contributed by atoms with Gasteiger partial charge in [0.05, 0.1) is 0 Å². The van der Waals surface area contributed by atoms with Crippen LogP contribution in [0.5, 0.6) is 0 Å². The molecule has 0 aromatic carbocycles. The van der Waals surface area contributed by atoms with Gasteiger partial charge in [-0.05, 0) is 46.5 Å². The number of hydrogen-bond acceptors (Lipinski definition) is 2. The predicted octanol–water partition coefficient (Wildman–Crippen LogP) is 2.20. The van der Waals surface area contributed by atoms with Gasteiger partial charge in [0.2, 0.25) is 0 Å². The van der Waals surface area contributed by atoms with Crippen molar-refractivity contribution in [1.82, 2.24) is 9.80 Å². The van der Waals surface area contributed by atoms with Crippen LogP contribution < -0.4 is 0 Å². The van der Waals surface area contributed by atoms with Crippen LogP contribution >= 0.6 is 0 Å². The second kappa shape index (κ2) is 4.42. The van der Waals surface area contributed by atoms with Gasteiger partial charge < -0.3 is 0 Å². The van der Waals surface area contributed by atoms with Gasteiger partial charge in [-0.2, -0.15) is 0 Å². The van der Waals surface area contributed by atoms with Crippen molar-refractivity contribution in [2.75, 3.05) is 19.6 Å². The van der Waals surface area contributed by atoms with E-state index in [4.69, 9.17) is 0 Å². The number of nitrogens with zero attached hydrogens (tertiary/aromatic N) is 2. The maximum absolute atomic E-state index is 2.73. The Morgan fingerprint density at radius 2 is 1.60 bits per heavy atom. The van der Waals surface area contributed by atoms with E-state index in [1.165, 1.54) is 32.5 Å². The number of rotatable bonds is 2. The summed E-state index contributed by atoms with van der Waals surface area (Å²) in [5.41, 5.74) is 0. The normalized spacial score (nSPS) is 34.0. The summed E-state index contributed by atoms with van der Waals surface area (Å²) < 4.78 is 0. The molecule has 2 atom stereocenters. The van der Waals surface area contributed by atoms with E-state index in [1.54, 1.807) is 0 Å². The summed E-state index contributed by atoms with van der Waals surface area (Å²) in [6.45, 7) is 13.3. The van der Waals surface area contributed by atoms with Gasteiger partial charge in [-0.3, -0.25) is 9.80 Å². The first-order valence-electron chi connectivity index (χ1n) is 6.57. The molecule has 0 spiro atoms. The first-order chi connectivity index (χ1) is 7.08. The molecule has 0 amide bonds. The van der Waals surface area contributed by atoms with Crippen molar-refractivity contribution in [2.45, 2.75) is 58.7 Å². The van der Waals surface area contributed by atoms with Crippen LogP contribution in [0.25, 0.3) is 0 Å². The third-order valence-electron chi connectivity index (χ3n) is 4.18. The largest absolute Gasteiger partial charge is 0.299 e. The topological polar surface area (TPSA) is 6.48 Å². The third kappa shape index (κ3) is 2.36. The van der Waals surface area contributed by atoms with E-state index in [2.05, 4.69) is 37.5 Å². The van der Waals surface area contributed by atoms with Gasteiger partial charge in [-0.15, -0.1) is 0 Å². The molecule has 3 fully saturated rings. The zero-order valence-corrected chi connectivity index (χ0v) is 10.7. The quantitative estimate of drug-likeness (QED) is 0.689. The first-order valence-corrected chi connectivity index (χ1v) is 6.57. The Labute approximate surface area is 94.6 Å². The molecule has 0 radical (unpaired) electrons. The van der Waals surface area contributed by atoms with Gasteiger partial charge >= 0.3 is 0 Å². The lowest BCUT2D eigenvalue weighted by Gasteiger charge is -2.39. The van der Waals surface area contributed by atoms with E-state index >= 15 is 0 Å². The Balaban J connectivity index is 2.08. The summed E-state index contributed by atoms with van der Waals surface area (Å²) in [6, 6.07) is 2.27. The number of piperidine rings is 1. The van der Waals surface area contributed by atoms with Crippen LogP contribution in [0.4, 0.5) is 0 Å². The molecule has 3 heterocycles. The molecule has 15 heavy (non-hydrogen) atoms. The third-order valence-corrected chi connectivity index (χ3v) is 4.18. The Morgan fingerprint density at radius 1 is 0.867 bits per heavy atom. The Kier molecular flexibility index (Phi) is 3.36. The standard InChI is InChI=1S/C13H26N2/c1-10(2)14-7-12-5-6-13(9-14)15(8-12)11(3)4/h10-13H,5-9H2,1-4H3. The number of fused-ring (bicyclic) bond motifs is 4. The first kappa shape index (κ1) is 11.4. The fourth-order valence-electron chi connectivity index (χ4n) is 3.21. The maximum atomic E-state index is 2.73. The minimum absolute atomic E-state index is 0.722. The van der Waals surface area contributed by atoms with Gasteiger partial charge in [-0.1, -0.05) is 0 Å². The van der Waals surface area contributed by atoms with E-state index in [1.807, 2.05) is 0 Å². The van der Waals surface area contributed by atoms with Gasteiger partial charge in [0.15, 0.2) is 0 Å². The lowest BCUT2D eigenvalue weighted by molar-refractivity contribution is 0.0963. The minimum atomic E-state index is 0.722. The van der Waals surface area contributed by atoms with Crippen LogP contribution in [0, 0.1) is 5.92 Å². The summed E-state index contributed by atoms with van der Waals surface area (Å²) >= 11 is 0. The Bertz CT molecular complexity index is 211. The zero-order chi connectivity index (χ0) is 11.0. The maximum Gasteiger partial charge on any atom is 0.0226 e. The fourth-order valence-corrected chi connectivity index (χ4v) is 3.21. The van der Waals surface area contributed by atoms with E-state index < -0.39 is 0 Å². The Hall–Kier alpha value is -0.0800. The molecule has 3 aliphatic heterocycles. The van der Waals surface area contributed by atoms with Crippen LogP contribution in [-0.4, -0.2) is 47.6 Å². The highest BCUT2D eigenvalue weighted by atomic mass is 15.3. The van der Waals surface area contributed by atoms with Crippen molar-refractivity contribution >= 4 is 0 Å². The molecule has 0 saturated carbocycles. The molecule has 0 aromatic rings. The molecule has 3 aliphatic rings. The van der Waals surface area contributed by atoms with E-state index in [0.717, 1.165) is 24.0 Å². The van der Waals surface area contributed by atoms with Gasteiger partial charge in [0, 0.05) is 37.8 Å². The van der Waals surface area contributed by atoms with Crippen molar-refractivity contribution in [3.05, 3.63) is 0 Å². The summed E-state index contributed by atoms with van der Waals surface area (Å²) in [6.07, 6.45) is 2.88. The smallest absolute Gasteiger partial charge is 0.0226 e. The predicted molar refractivity (Wildman–Crippen MR) is 65.1 cm³/mol. The lowest BCUT2D eigenvalue weighted by Crippen LogP contribution is -2.47. The van der Waals surface area contributed by atoms with Crippen molar-refractivity contribution in [1.29, 1.82) is 0 Å². The van der Waals surface area contributed by atoms with E-state index in [-0.39, 0.29) is 0 Å². The Morgan fingerprint density at radius 3 is 2.20 bits per heavy atom. The monoisotopic (exact) mass is 210 g/mol. The molecule has 0 N–H and O–H groups in total. The molecule has 3 rings (SSSR count). The molecule has 3 saturated heterocycles. The molecule has 2 heteroatoms. The summed E-state index contributed by atoms with van der Waals surface area (Å²) in [7, 11) is 0. The number of hydrogen-bond donors (Lipinski definition) is 0. The van der Waals surface area contributed by atoms with Gasteiger partial charge in [-0.25, -0.2) is 0 Å². The van der Waals surface area contributed by atoms with Crippen LogP contribution in [0.2, 0.25) is 0 Å². The molecule has 88 valence electrons. The molecular formula is C13H26N2. The second-order valence-electron chi connectivity index (χ2n) is 5.94. The molecule has 0 aliphatic carbocycles. The highest BCUT2D eigenvalue weighted by Gasteiger charge is 2.36. The van der Waals surface area contributed by atoms with Crippen molar-refractivity contribution in [3.63, 3.8) is 0 Å². The van der Waals surface area contributed by atoms with Crippen LogP contribution in [0.1, 0.15) is 40.5 Å². The van der Waals surface area contributed by atoms with Crippen LogP contribution in [-0.2, 0) is 0 Å². The average Bonchev–Trinajstić information content (AvgIpc) is 2.47. The molecule has 2 bridgehead atoms. The highest BCUT2D eigenvalue weighted by molar-refractivity contribution is 4.91. The minimum Gasteiger partial charge on any atom is -0.299 e. The van der Waals surface area contributed by atoms with E-state index in [0.29, 0.717) is 0 Å². The SMILES string of the molecule is CC(C)N1CC2CCC(C1)N(C(C)C)C2. The zero-order valence-electron chi connectivity index (χ0n) is 10.7. The summed E-state index contributed by atoms with van der Waals surface area (Å²) in [4.78, 5) is 5.42. The second-order valence-corrected chi connectivity index (χ2v) is 5.94. The molecule has 2 nitrogen and oxygen atoms in total. The lowest BCUT2D eigenvalue weighted by atomic mass is 9.94. The molecule has 2 unspecified atom stereocenters. The summed E-state index contributed by atoms with van der Waals surface area (Å²) in [5, 5.41) is 0. The van der Waals surface area contributed by atoms with Gasteiger partial charge in [0.25, 0.3) is 0 Å². The van der Waals surface area contributed by atoms with Crippen molar-refractivity contribution < 1.29 is 0 Å². The highest BCUT2D eigenvalue weighted by Crippen LogP contribution is 2.29. The van der Waals surface area contributed by atoms with Crippen LogP contribution in [0.3, 0.4) is 0 Å². The fraction of sp³-hybridized carbons (Fsp3) is 1.00. The summed E-state index contributed by atoms with van der Waals surface area (Å²) in [5.74, 6) is 0.925. The van der Waals surface area contributed by atoms with Crippen molar-refractivity contribution in [3.8, 4) is 0 Å².